The van der Waals surface area contributed by atoms with E-state index in [1.165, 1.54) is 11.4 Å². The van der Waals surface area contributed by atoms with E-state index in [9.17, 15) is 9.90 Å². The number of cyclic esters (lactones) is 1. The molecular formula is C25H28N4O3S. The van der Waals surface area contributed by atoms with Gasteiger partial charge in [0, 0.05) is 36.8 Å². The number of carbonyl (C=O) groups is 1. The summed E-state index contributed by atoms with van der Waals surface area (Å²) in [6.07, 6.45) is 6.50. The van der Waals surface area contributed by atoms with Crippen LogP contribution in [0.4, 0.5) is 5.00 Å². The molecule has 2 aromatic heterocycles. The highest BCUT2D eigenvalue weighted by molar-refractivity contribution is 7.22. The number of hydrogen-bond donors (Lipinski definition) is 1. The number of nitrogens with zero attached hydrogens (tertiary/aromatic N) is 4. The maximum Gasteiger partial charge on any atom is 0.338 e. The summed E-state index contributed by atoms with van der Waals surface area (Å²) in [6, 6.07) is 5.91. The quantitative estimate of drug-likeness (QED) is 0.590. The average molecular weight is 465 g/mol. The molecule has 5 heterocycles. The monoisotopic (exact) mass is 464 g/mol. The van der Waals surface area contributed by atoms with Gasteiger partial charge < -0.3 is 19.6 Å². The lowest BCUT2D eigenvalue weighted by atomic mass is 9.77. The lowest BCUT2D eigenvalue weighted by Gasteiger charge is -2.40. The average Bonchev–Trinajstić information content (AvgIpc) is 3.53. The molecule has 0 unspecified atom stereocenters. The first-order valence-corrected chi connectivity index (χ1v) is 12.5. The normalized spacial score (nSPS) is 21.0. The van der Waals surface area contributed by atoms with Crippen molar-refractivity contribution >= 4 is 32.5 Å². The largest absolute Gasteiger partial charge is 0.457 e. The molecule has 1 N–H and O–H groups in total. The zero-order valence-corrected chi connectivity index (χ0v) is 19.6. The Balaban J connectivity index is 1.08. The first kappa shape index (κ1) is 21.0. The van der Waals surface area contributed by atoms with Crippen molar-refractivity contribution in [2.24, 2.45) is 5.41 Å². The summed E-state index contributed by atoms with van der Waals surface area (Å²) in [4.78, 5) is 26.3. The van der Waals surface area contributed by atoms with Gasteiger partial charge in [0.15, 0.2) is 0 Å². The van der Waals surface area contributed by atoms with E-state index in [4.69, 9.17) is 4.74 Å². The van der Waals surface area contributed by atoms with Crippen molar-refractivity contribution in [2.45, 2.75) is 38.9 Å². The van der Waals surface area contributed by atoms with Crippen LogP contribution < -0.4 is 4.90 Å². The lowest BCUT2D eigenvalue weighted by molar-refractivity contribution is 0.0534. The Morgan fingerprint density at radius 3 is 2.88 bits per heavy atom. The first-order chi connectivity index (χ1) is 16.0. The number of rotatable bonds is 4. The van der Waals surface area contributed by atoms with Crippen molar-refractivity contribution in [1.29, 1.82) is 0 Å². The van der Waals surface area contributed by atoms with Gasteiger partial charge in [-0.3, -0.25) is 0 Å². The van der Waals surface area contributed by atoms with Crippen LogP contribution in [0.1, 0.15) is 52.4 Å². The van der Waals surface area contributed by atoms with Crippen LogP contribution in [0.15, 0.2) is 30.7 Å². The fourth-order valence-corrected chi connectivity index (χ4v) is 6.74. The molecule has 3 aromatic rings. The predicted molar refractivity (Wildman–Crippen MR) is 128 cm³/mol. The summed E-state index contributed by atoms with van der Waals surface area (Å²) in [5, 5.41) is 13.4. The van der Waals surface area contributed by atoms with Gasteiger partial charge in [0.05, 0.1) is 16.7 Å². The number of benzene rings is 1. The molecule has 0 radical (unpaired) electrons. The first-order valence-electron chi connectivity index (χ1n) is 11.7. The molecule has 2 fully saturated rings. The second-order valence-electron chi connectivity index (χ2n) is 9.74. The zero-order chi connectivity index (χ0) is 22.6. The number of thiophene rings is 1. The maximum atomic E-state index is 11.8. The smallest absolute Gasteiger partial charge is 0.338 e. The van der Waals surface area contributed by atoms with Crippen molar-refractivity contribution in [3.05, 3.63) is 53.0 Å². The van der Waals surface area contributed by atoms with Crippen LogP contribution in [0.3, 0.4) is 0 Å². The van der Waals surface area contributed by atoms with Crippen LogP contribution in [-0.4, -0.2) is 58.7 Å². The van der Waals surface area contributed by atoms with E-state index in [0.29, 0.717) is 24.1 Å². The van der Waals surface area contributed by atoms with Crippen molar-refractivity contribution in [3.63, 3.8) is 0 Å². The predicted octanol–water partition coefficient (Wildman–Crippen LogP) is 3.70. The molecule has 0 bridgehead atoms. The fraction of sp³-hybridized carbons (Fsp3) is 0.480. The number of carbonyl (C=O) groups excluding carboxylic acids is 1. The third kappa shape index (κ3) is 3.70. The number of anilines is 1. The second-order valence-corrected chi connectivity index (χ2v) is 10.7. The molecule has 1 aromatic carbocycles. The number of esters is 1. The van der Waals surface area contributed by atoms with Crippen LogP contribution in [0.5, 0.6) is 0 Å². The molecule has 8 heteroatoms. The number of aliphatic hydroxyl groups is 1. The highest BCUT2D eigenvalue weighted by Crippen LogP contribution is 2.44. The van der Waals surface area contributed by atoms with Gasteiger partial charge in [-0.2, -0.15) is 0 Å². The molecule has 172 valence electrons. The second kappa shape index (κ2) is 8.04. The highest BCUT2D eigenvalue weighted by Gasteiger charge is 2.41. The molecule has 3 aliphatic heterocycles. The third-order valence-corrected chi connectivity index (χ3v) is 8.97. The van der Waals surface area contributed by atoms with Gasteiger partial charge in [-0.05, 0) is 68.0 Å². The van der Waals surface area contributed by atoms with E-state index < -0.39 is 6.10 Å². The molecule has 3 aliphatic rings. The summed E-state index contributed by atoms with van der Waals surface area (Å²) in [6.45, 7) is 7.14. The van der Waals surface area contributed by atoms with Gasteiger partial charge in [-0.15, -0.1) is 0 Å². The maximum absolute atomic E-state index is 11.8. The topological polar surface area (TPSA) is 78.8 Å². The van der Waals surface area contributed by atoms with Crippen molar-refractivity contribution in [1.82, 2.24) is 14.9 Å². The SMILES string of the molecule is Cc1c([C@@H](O)CN2CCC3(CC2)CCN(c2cc4cncnc4s2)C3)ccc2c1COC2=O. The van der Waals surface area contributed by atoms with Crippen molar-refractivity contribution in [2.75, 3.05) is 37.6 Å². The molecule has 1 spiro atoms. The van der Waals surface area contributed by atoms with Gasteiger partial charge >= 0.3 is 5.97 Å². The fourth-order valence-electron chi connectivity index (χ4n) is 5.74. The van der Waals surface area contributed by atoms with Crippen molar-refractivity contribution in [3.8, 4) is 0 Å². The molecule has 1 atom stereocenters. The minimum absolute atomic E-state index is 0.260. The lowest BCUT2D eigenvalue weighted by Crippen LogP contribution is -2.43. The minimum atomic E-state index is -0.556. The standard InChI is InChI=1S/C25H28N4O3S/c1-16-18(2-3-19-20(16)13-32-24(19)31)21(30)12-28-7-4-25(5-8-28)6-9-29(14-25)22-10-17-11-26-15-27-23(17)33-22/h2-3,10-11,15,21,30H,4-9,12-14H2,1H3/t21-/m0/s1. The van der Waals surface area contributed by atoms with Gasteiger partial charge in [0.1, 0.15) is 17.8 Å². The Morgan fingerprint density at radius 1 is 1.24 bits per heavy atom. The van der Waals surface area contributed by atoms with Crippen LogP contribution in [-0.2, 0) is 11.3 Å². The Morgan fingerprint density at radius 2 is 2.06 bits per heavy atom. The van der Waals surface area contributed by atoms with Crippen LogP contribution in [0.25, 0.3) is 10.2 Å². The van der Waals surface area contributed by atoms with E-state index in [-0.39, 0.29) is 5.97 Å². The summed E-state index contributed by atoms with van der Waals surface area (Å²) in [5.41, 5.74) is 3.82. The minimum Gasteiger partial charge on any atom is -0.457 e. The van der Waals surface area contributed by atoms with E-state index in [1.54, 1.807) is 23.7 Å². The van der Waals surface area contributed by atoms with Crippen LogP contribution in [0.2, 0.25) is 0 Å². The molecule has 33 heavy (non-hydrogen) atoms. The van der Waals surface area contributed by atoms with Gasteiger partial charge in [0.2, 0.25) is 0 Å². The van der Waals surface area contributed by atoms with Gasteiger partial charge in [-0.25, -0.2) is 14.8 Å². The summed E-state index contributed by atoms with van der Waals surface area (Å²) in [5.74, 6) is -0.260. The Kier molecular flexibility index (Phi) is 5.12. The Labute approximate surface area is 197 Å². The molecule has 2 saturated heterocycles. The van der Waals surface area contributed by atoms with E-state index in [0.717, 1.165) is 65.9 Å². The van der Waals surface area contributed by atoms with Crippen LogP contribution in [0, 0.1) is 12.3 Å². The van der Waals surface area contributed by atoms with Crippen LogP contribution >= 0.6 is 11.3 Å². The molecular weight excluding hydrogens is 436 g/mol. The van der Waals surface area contributed by atoms with Crippen molar-refractivity contribution < 1.29 is 14.6 Å². The molecule has 0 saturated carbocycles. The van der Waals surface area contributed by atoms with E-state index in [2.05, 4.69) is 25.8 Å². The molecule has 7 nitrogen and oxygen atoms in total. The molecule has 0 amide bonds. The van der Waals surface area contributed by atoms with E-state index >= 15 is 0 Å². The summed E-state index contributed by atoms with van der Waals surface area (Å²) < 4.78 is 5.16. The number of hydrogen-bond acceptors (Lipinski definition) is 8. The Bertz CT molecular complexity index is 1180. The number of β-amino-alcohol motifs (C(OH)–C–C–N with tert-alkyl or cyclic N) is 1. The third-order valence-electron chi connectivity index (χ3n) is 7.85. The molecule has 6 rings (SSSR count). The van der Waals surface area contributed by atoms with Gasteiger partial charge in [-0.1, -0.05) is 17.4 Å². The van der Waals surface area contributed by atoms with Gasteiger partial charge in [0.25, 0.3) is 0 Å². The number of ether oxygens (including phenoxy) is 1. The summed E-state index contributed by atoms with van der Waals surface area (Å²) in [7, 11) is 0. The number of fused-ring (bicyclic) bond motifs is 2. The Hall–Kier alpha value is -2.55. The number of piperidine rings is 1. The zero-order valence-electron chi connectivity index (χ0n) is 18.8. The molecule has 0 aliphatic carbocycles. The number of aromatic nitrogens is 2. The van der Waals surface area contributed by atoms with E-state index in [1.807, 2.05) is 19.2 Å². The summed E-state index contributed by atoms with van der Waals surface area (Å²) >= 11 is 1.76. The highest BCUT2D eigenvalue weighted by atomic mass is 32.1. The number of aliphatic hydroxyl groups excluding tert-OH is 1. The number of likely N-dealkylation sites (tertiary alicyclic amines) is 1.